The van der Waals surface area contributed by atoms with Crippen molar-refractivity contribution in [1.82, 2.24) is 4.90 Å². The van der Waals surface area contributed by atoms with E-state index in [1.165, 1.54) is 0 Å². The van der Waals surface area contributed by atoms with Crippen LogP contribution in [0.1, 0.15) is 0 Å². The van der Waals surface area contributed by atoms with Gasteiger partial charge in [0.15, 0.2) is 0 Å². The normalized spacial score (nSPS) is 17.2. The van der Waals surface area contributed by atoms with Crippen molar-refractivity contribution in [1.29, 1.82) is 0 Å². The summed E-state index contributed by atoms with van der Waals surface area (Å²) in [5.41, 5.74) is 0. The van der Waals surface area contributed by atoms with E-state index >= 15 is 0 Å². The third-order valence-corrected chi connectivity index (χ3v) is 1.67. The predicted molar refractivity (Wildman–Crippen MR) is 40.8 cm³/mol. The number of hydrogen-bond donors (Lipinski definition) is 0. The van der Waals surface area contributed by atoms with Gasteiger partial charge in [-0.05, 0) is 0 Å². The Kier molecular flexibility index (Phi) is 2.94. The van der Waals surface area contributed by atoms with Crippen molar-refractivity contribution >= 4 is 6.41 Å². The predicted octanol–water partition coefficient (Wildman–Crippen LogP) is -0.276. The van der Waals surface area contributed by atoms with Gasteiger partial charge in [0.2, 0.25) is 6.41 Å². The third-order valence-electron chi connectivity index (χ3n) is 1.67. The minimum absolute atomic E-state index is 0.373. The molecule has 0 spiro atoms. The largest absolute Gasteiger partial charge is 0.368 e. The summed E-state index contributed by atoms with van der Waals surface area (Å²) in [7, 11) is 0. The monoisotopic (exact) mass is 153 g/mol. The van der Waals surface area contributed by atoms with Crippen LogP contribution in [0.4, 0.5) is 0 Å². The van der Waals surface area contributed by atoms with Crippen LogP contribution in [0.3, 0.4) is 0 Å². The van der Waals surface area contributed by atoms with Gasteiger partial charge in [0, 0.05) is 19.0 Å². The molecule has 1 amide bonds. The molecule has 0 radical (unpaired) electrons. The summed E-state index contributed by atoms with van der Waals surface area (Å²) in [4.78, 5) is 11.8. The van der Waals surface area contributed by atoms with Crippen LogP contribution in [0, 0.1) is 18.3 Å². The van der Waals surface area contributed by atoms with E-state index < -0.39 is 0 Å². The summed E-state index contributed by atoms with van der Waals surface area (Å²) in [6.45, 7) is 2.67. The molecular weight excluding hydrogens is 142 g/mol. The van der Waals surface area contributed by atoms with Gasteiger partial charge in [0.25, 0.3) is 0 Å². The minimum atomic E-state index is 0.373. The van der Waals surface area contributed by atoms with Gasteiger partial charge in [-0.15, -0.1) is 6.42 Å². The molecule has 11 heavy (non-hydrogen) atoms. The van der Waals surface area contributed by atoms with Crippen molar-refractivity contribution in [2.45, 2.75) is 0 Å². The maximum absolute atomic E-state index is 10.1. The molecule has 0 aromatic heterocycles. The Morgan fingerprint density at radius 3 is 3.00 bits per heavy atom. The number of nitrogens with zero attached hydrogens (tertiary/aromatic N) is 1. The second-order valence-electron chi connectivity index (χ2n) is 2.64. The number of carbonyl (C=O) groups is 1. The average molecular weight is 153 g/mol. The number of rotatable bonds is 4. The zero-order chi connectivity index (χ0) is 8.10. The molecule has 1 aliphatic rings. The van der Waals surface area contributed by atoms with E-state index in [0.717, 1.165) is 19.5 Å². The van der Waals surface area contributed by atoms with Gasteiger partial charge < -0.3 is 9.64 Å². The molecule has 1 aliphatic heterocycles. The zero-order valence-corrected chi connectivity index (χ0v) is 6.32. The van der Waals surface area contributed by atoms with Gasteiger partial charge in [-0.2, -0.15) is 0 Å². The number of amides is 1. The van der Waals surface area contributed by atoms with Crippen LogP contribution in [0.15, 0.2) is 0 Å². The van der Waals surface area contributed by atoms with Gasteiger partial charge in [0.1, 0.15) is 6.61 Å². The lowest BCUT2D eigenvalue weighted by molar-refractivity contribution is -0.125. The molecule has 1 saturated heterocycles. The van der Waals surface area contributed by atoms with Gasteiger partial charge in [0.05, 0.1) is 6.61 Å². The highest BCUT2D eigenvalue weighted by Gasteiger charge is 2.24. The quantitative estimate of drug-likeness (QED) is 0.316. The SMILES string of the molecule is C#CCOCC1CN(C=O)C1. The minimum Gasteiger partial charge on any atom is -0.368 e. The lowest BCUT2D eigenvalue weighted by Gasteiger charge is -2.35. The summed E-state index contributed by atoms with van der Waals surface area (Å²) in [5, 5.41) is 0. The molecule has 0 unspecified atom stereocenters. The van der Waals surface area contributed by atoms with E-state index in [0.29, 0.717) is 19.1 Å². The summed E-state index contributed by atoms with van der Waals surface area (Å²) in [6.07, 6.45) is 5.84. The van der Waals surface area contributed by atoms with Crippen LogP contribution in [-0.4, -0.2) is 37.6 Å². The van der Waals surface area contributed by atoms with Crippen molar-refractivity contribution in [3.63, 3.8) is 0 Å². The van der Waals surface area contributed by atoms with E-state index in [2.05, 4.69) is 5.92 Å². The number of hydrogen-bond acceptors (Lipinski definition) is 2. The van der Waals surface area contributed by atoms with Crippen molar-refractivity contribution in [3.8, 4) is 12.3 Å². The molecule has 0 aromatic rings. The molecule has 0 aliphatic carbocycles. The summed E-state index contributed by atoms with van der Waals surface area (Å²) >= 11 is 0. The fourth-order valence-electron chi connectivity index (χ4n) is 1.09. The third kappa shape index (κ3) is 2.24. The van der Waals surface area contributed by atoms with Crippen LogP contribution in [0.2, 0.25) is 0 Å². The second-order valence-corrected chi connectivity index (χ2v) is 2.64. The number of terminal acetylenes is 1. The molecule has 0 N–H and O–H groups in total. The van der Waals surface area contributed by atoms with Gasteiger partial charge >= 0.3 is 0 Å². The van der Waals surface area contributed by atoms with Crippen LogP contribution in [0.5, 0.6) is 0 Å². The first-order chi connectivity index (χ1) is 5.36. The lowest BCUT2D eigenvalue weighted by Crippen LogP contribution is -2.47. The molecular formula is C8H11NO2. The lowest BCUT2D eigenvalue weighted by atomic mass is 10.0. The van der Waals surface area contributed by atoms with E-state index in [1.807, 2.05) is 0 Å². The fourth-order valence-corrected chi connectivity index (χ4v) is 1.09. The van der Waals surface area contributed by atoms with Gasteiger partial charge in [-0.25, -0.2) is 0 Å². The topological polar surface area (TPSA) is 29.5 Å². The molecule has 3 nitrogen and oxygen atoms in total. The standard InChI is InChI=1S/C8H11NO2/c1-2-3-11-6-8-4-9(5-8)7-10/h1,7-8H,3-6H2. The smallest absolute Gasteiger partial charge is 0.209 e. The summed E-state index contributed by atoms with van der Waals surface area (Å²) in [6, 6.07) is 0. The number of ether oxygens (including phenoxy) is 1. The molecule has 0 atom stereocenters. The molecule has 0 aromatic carbocycles. The molecule has 1 fully saturated rings. The zero-order valence-electron chi connectivity index (χ0n) is 6.32. The molecule has 3 heteroatoms. The van der Waals surface area contributed by atoms with E-state index in [1.54, 1.807) is 4.90 Å². The second kappa shape index (κ2) is 3.99. The highest BCUT2D eigenvalue weighted by atomic mass is 16.5. The highest BCUT2D eigenvalue weighted by Crippen LogP contribution is 2.12. The summed E-state index contributed by atoms with van der Waals surface area (Å²) in [5.74, 6) is 2.89. The van der Waals surface area contributed by atoms with E-state index in [-0.39, 0.29) is 0 Å². The molecule has 1 heterocycles. The van der Waals surface area contributed by atoms with Crippen molar-refractivity contribution in [3.05, 3.63) is 0 Å². The number of likely N-dealkylation sites (tertiary alicyclic amines) is 1. The Morgan fingerprint density at radius 1 is 1.73 bits per heavy atom. The molecule has 60 valence electrons. The average Bonchev–Trinajstić information content (AvgIpc) is 1.94. The Labute approximate surface area is 66.3 Å². The fraction of sp³-hybridized carbons (Fsp3) is 0.625. The van der Waals surface area contributed by atoms with Crippen LogP contribution >= 0.6 is 0 Å². The molecule has 0 bridgehead atoms. The first-order valence-corrected chi connectivity index (χ1v) is 3.57. The Hall–Kier alpha value is -1.01. The Bertz CT molecular complexity index is 167. The van der Waals surface area contributed by atoms with E-state index in [4.69, 9.17) is 11.2 Å². The maximum atomic E-state index is 10.1. The maximum Gasteiger partial charge on any atom is 0.209 e. The van der Waals surface area contributed by atoms with Crippen LogP contribution in [0.25, 0.3) is 0 Å². The Balaban J connectivity index is 1.97. The van der Waals surface area contributed by atoms with Crippen LogP contribution in [-0.2, 0) is 9.53 Å². The Morgan fingerprint density at radius 2 is 2.45 bits per heavy atom. The van der Waals surface area contributed by atoms with Crippen molar-refractivity contribution < 1.29 is 9.53 Å². The summed E-state index contributed by atoms with van der Waals surface area (Å²) < 4.78 is 5.10. The van der Waals surface area contributed by atoms with E-state index in [9.17, 15) is 4.79 Å². The van der Waals surface area contributed by atoms with Crippen LogP contribution < -0.4 is 0 Å². The van der Waals surface area contributed by atoms with Crippen molar-refractivity contribution in [2.24, 2.45) is 5.92 Å². The van der Waals surface area contributed by atoms with Gasteiger partial charge in [-0.3, -0.25) is 4.79 Å². The highest BCUT2D eigenvalue weighted by molar-refractivity contribution is 5.48. The molecule has 1 rings (SSSR count). The first kappa shape index (κ1) is 8.09. The number of carbonyl (C=O) groups excluding carboxylic acids is 1. The molecule has 0 saturated carbocycles. The van der Waals surface area contributed by atoms with Gasteiger partial charge in [-0.1, -0.05) is 5.92 Å². The first-order valence-electron chi connectivity index (χ1n) is 3.57. The van der Waals surface area contributed by atoms with Crippen molar-refractivity contribution in [2.75, 3.05) is 26.3 Å².